The number of sulfone groups is 1. The number of nitrogens with one attached hydrogen (secondary N) is 1. The average molecular weight is 422 g/mol. The number of para-hydroxylation sites is 2. The fourth-order valence-electron chi connectivity index (χ4n) is 4.67. The van der Waals surface area contributed by atoms with Gasteiger partial charge in [-0.1, -0.05) is 12.1 Å². The van der Waals surface area contributed by atoms with Crippen molar-refractivity contribution in [3.05, 3.63) is 24.3 Å². The van der Waals surface area contributed by atoms with E-state index in [0.29, 0.717) is 11.4 Å². The highest BCUT2D eigenvalue weighted by molar-refractivity contribution is 7.91. The first-order valence-electron chi connectivity index (χ1n) is 10.1. The van der Waals surface area contributed by atoms with Crippen LogP contribution in [0.5, 0.6) is 5.75 Å². The molecule has 1 aromatic carbocycles. The monoisotopic (exact) mass is 421 g/mol. The van der Waals surface area contributed by atoms with Crippen molar-refractivity contribution in [3.63, 3.8) is 0 Å². The quantitative estimate of drug-likeness (QED) is 0.741. The van der Waals surface area contributed by atoms with Gasteiger partial charge in [-0.05, 0) is 38.1 Å². The minimum absolute atomic E-state index is 0.0310. The van der Waals surface area contributed by atoms with Gasteiger partial charge < -0.3 is 15.0 Å². The van der Waals surface area contributed by atoms with E-state index >= 15 is 0 Å². The zero-order valence-electron chi connectivity index (χ0n) is 16.5. The molecule has 0 spiro atoms. The van der Waals surface area contributed by atoms with E-state index in [0.717, 1.165) is 25.9 Å². The number of nitrogens with zero attached hydrogens (tertiary/aromatic N) is 2. The SMILES string of the molecule is COc1ccccc1N1CC(C(=O)NC2CS(=O)(=O)CC2N2CCCC2)CC1=O. The lowest BCUT2D eigenvalue weighted by Crippen LogP contribution is -2.51. The minimum Gasteiger partial charge on any atom is -0.495 e. The highest BCUT2D eigenvalue weighted by atomic mass is 32.2. The van der Waals surface area contributed by atoms with Gasteiger partial charge in [0.15, 0.2) is 9.84 Å². The second kappa shape index (κ2) is 7.95. The lowest BCUT2D eigenvalue weighted by Gasteiger charge is -2.29. The first-order valence-corrected chi connectivity index (χ1v) is 11.9. The zero-order valence-corrected chi connectivity index (χ0v) is 17.4. The number of anilines is 1. The third kappa shape index (κ3) is 4.11. The number of hydrogen-bond donors (Lipinski definition) is 1. The summed E-state index contributed by atoms with van der Waals surface area (Å²) in [5, 5.41) is 2.95. The fraction of sp³-hybridized carbons (Fsp3) is 0.600. The molecule has 29 heavy (non-hydrogen) atoms. The van der Waals surface area contributed by atoms with Crippen LogP contribution in [0.1, 0.15) is 19.3 Å². The van der Waals surface area contributed by atoms with Crippen molar-refractivity contribution >= 4 is 27.3 Å². The van der Waals surface area contributed by atoms with Gasteiger partial charge in [-0.25, -0.2) is 8.42 Å². The Morgan fingerprint density at radius 1 is 1.17 bits per heavy atom. The fourth-order valence-corrected chi connectivity index (χ4v) is 6.62. The van der Waals surface area contributed by atoms with Gasteiger partial charge in [-0.15, -0.1) is 0 Å². The Morgan fingerprint density at radius 3 is 2.62 bits per heavy atom. The summed E-state index contributed by atoms with van der Waals surface area (Å²) in [5.41, 5.74) is 0.647. The highest BCUT2D eigenvalue weighted by Crippen LogP contribution is 2.33. The Bertz CT molecular complexity index is 897. The van der Waals surface area contributed by atoms with Crippen LogP contribution in [0.15, 0.2) is 24.3 Å². The highest BCUT2D eigenvalue weighted by Gasteiger charge is 2.44. The summed E-state index contributed by atoms with van der Waals surface area (Å²) in [6, 6.07) is 6.63. The molecule has 1 aromatic rings. The van der Waals surface area contributed by atoms with Gasteiger partial charge >= 0.3 is 0 Å². The van der Waals surface area contributed by atoms with Crippen LogP contribution in [-0.2, 0) is 19.4 Å². The summed E-state index contributed by atoms with van der Waals surface area (Å²) >= 11 is 0. The normalized spacial score (nSPS) is 29.3. The number of amides is 2. The molecule has 0 saturated carbocycles. The predicted octanol–water partition coefficient (Wildman–Crippen LogP) is 0.426. The van der Waals surface area contributed by atoms with Gasteiger partial charge in [0.2, 0.25) is 11.8 Å². The maximum atomic E-state index is 12.9. The number of benzene rings is 1. The number of rotatable bonds is 5. The van der Waals surface area contributed by atoms with Gasteiger partial charge in [0.1, 0.15) is 5.75 Å². The molecule has 3 aliphatic heterocycles. The van der Waals surface area contributed by atoms with Crippen molar-refractivity contribution in [2.45, 2.75) is 31.3 Å². The number of ether oxygens (including phenoxy) is 1. The van der Waals surface area contributed by atoms with E-state index in [1.165, 1.54) is 0 Å². The Kier molecular flexibility index (Phi) is 5.52. The predicted molar refractivity (Wildman–Crippen MR) is 109 cm³/mol. The number of carbonyl (C=O) groups excluding carboxylic acids is 2. The lowest BCUT2D eigenvalue weighted by molar-refractivity contribution is -0.127. The smallest absolute Gasteiger partial charge is 0.227 e. The molecule has 3 fully saturated rings. The second-order valence-corrected chi connectivity index (χ2v) is 10.2. The molecule has 1 N–H and O–H groups in total. The molecule has 0 aromatic heterocycles. The number of likely N-dealkylation sites (tertiary alicyclic amines) is 1. The van der Waals surface area contributed by atoms with E-state index < -0.39 is 21.8 Å². The number of carbonyl (C=O) groups is 2. The molecule has 2 amide bonds. The molecule has 0 bridgehead atoms. The van der Waals surface area contributed by atoms with Crippen molar-refractivity contribution in [3.8, 4) is 5.75 Å². The maximum absolute atomic E-state index is 12.9. The summed E-state index contributed by atoms with van der Waals surface area (Å²) in [7, 11) is -1.63. The van der Waals surface area contributed by atoms with E-state index in [1.807, 2.05) is 12.1 Å². The van der Waals surface area contributed by atoms with Gasteiger partial charge in [-0.2, -0.15) is 0 Å². The molecule has 158 valence electrons. The van der Waals surface area contributed by atoms with Crippen molar-refractivity contribution in [1.82, 2.24) is 10.2 Å². The second-order valence-electron chi connectivity index (χ2n) is 8.08. The van der Waals surface area contributed by atoms with Crippen molar-refractivity contribution in [1.29, 1.82) is 0 Å². The third-order valence-corrected chi connectivity index (χ3v) is 7.85. The standard InChI is InChI=1S/C20H27N3O5S/c1-28-18-7-3-2-6-16(18)23-11-14(10-19(23)24)20(25)21-15-12-29(26,27)13-17(15)22-8-4-5-9-22/h2-3,6-7,14-15,17H,4-5,8-13H2,1H3,(H,21,25). The Labute approximate surface area is 171 Å². The van der Waals surface area contributed by atoms with Crippen LogP contribution in [0.25, 0.3) is 0 Å². The van der Waals surface area contributed by atoms with E-state index in [4.69, 9.17) is 4.74 Å². The summed E-state index contributed by atoms with van der Waals surface area (Å²) in [4.78, 5) is 29.2. The number of hydrogen-bond acceptors (Lipinski definition) is 6. The molecule has 0 radical (unpaired) electrons. The molecule has 3 saturated heterocycles. The topological polar surface area (TPSA) is 96.0 Å². The molecule has 4 rings (SSSR count). The van der Waals surface area contributed by atoms with E-state index in [9.17, 15) is 18.0 Å². The summed E-state index contributed by atoms with van der Waals surface area (Å²) in [6.45, 7) is 2.00. The van der Waals surface area contributed by atoms with Crippen LogP contribution in [-0.4, -0.2) is 75.5 Å². The molecular formula is C20H27N3O5S. The van der Waals surface area contributed by atoms with Gasteiger partial charge in [0.25, 0.3) is 0 Å². The van der Waals surface area contributed by atoms with E-state index in [-0.39, 0.29) is 42.3 Å². The lowest BCUT2D eigenvalue weighted by atomic mass is 10.1. The van der Waals surface area contributed by atoms with E-state index in [2.05, 4.69) is 10.2 Å². The Morgan fingerprint density at radius 2 is 1.90 bits per heavy atom. The molecule has 3 heterocycles. The van der Waals surface area contributed by atoms with Crippen molar-refractivity contribution in [2.24, 2.45) is 5.92 Å². The van der Waals surface area contributed by atoms with Crippen molar-refractivity contribution < 1.29 is 22.7 Å². The Balaban J connectivity index is 1.45. The van der Waals surface area contributed by atoms with Crippen LogP contribution in [0.4, 0.5) is 5.69 Å². The summed E-state index contributed by atoms with van der Waals surface area (Å²) < 4.78 is 29.8. The minimum atomic E-state index is -3.18. The number of methoxy groups -OCH3 is 1. The average Bonchev–Trinajstić information content (AvgIpc) is 3.40. The molecule has 8 nitrogen and oxygen atoms in total. The zero-order chi connectivity index (χ0) is 20.6. The van der Waals surface area contributed by atoms with Crippen LogP contribution in [0.2, 0.25) is 0 Å². The molecule has 3 aliphatic rings. The molecular weight excluding hydrogens is 394 g/mol. The molecule has 3 atom stereocenters. The van der Waals surface area contributed by atoms with Crippen LogP contribution in [0.3, 0.4) is 0 Å². The summed E-state index contributed by atoms with van der Waals surface area (Å²) in [6.07, 6.45) is 2.22. The summed E-state index contributed by atoms with van der Waals surface area (Å²) in [5.74, 6) is -0.245. The van der Waals surface area contributed by atoms with Crippen LogP contribution in [0, 0.1) is 5.92 Å². The van der Waals surface area contributed by atoms with Crippen LogP contribution < -0.4 is 15.0 Å². The maximum Gasteiger partial charge on any atom is 0.227 e. The van der Waals surface area contributed by atoms with Crippen LogP contribution >= 0.6 is 0 Å². The Hall–Kier alpha value is -2.13. The van der Waals surface area contributed by atoms with Gasteiger partial charge in [-0.3, -0.25) is 14.5 Å². The van der Waals surface area contributed by atoms with E-state index in [1.54, 1.807) is 24.1 Å². The first-order chi connectivity index (χ1) is 13.9. The van der Waals surface area contributed by atoms with Gasteiger partial charge in [0, 0.05) is 19.0 Å². The largest absolute Gasteiger partial charge is 0.495 e. The van der Waals surface area contributed by atoms with Crippen molar-refractivity contribution in [2.75, 3.05) is 43.1 Å². The molecule has 0 aliphatic carbocycles. The van der Waals surface area contributed by atoms with Gasteiger partial charge in [0.05, 0.1) is 36.3 Å². The first kappa shape index (κ1) is 20.2. The third-order valence-electron chi connectivity index (χ3n) is 6.13. The molecule has 3 unspecified atom stereocenters. The molecule has 9 heteroatoms.